The van der Waals surface area contributed by atoms with E-state index in [2.05, 4.69) is 49.5 Å². The molecule has 1 aliphatic heterocycles. The second-order valence-corrected chi connectivity index (χ2v) is 4.27. The second kappa shape index (κ2) is 4.77. The third-order valence-corrected chi connectivity index (χ3v) is 3.14. The van der Waals surface area contributed by atoms with Gasteiger partial charge in [-0.25, -0.2) is 0 Å². The van der Waals surface area contributed by atoms with Gasteiger partial charge in [0.15, 0.2) is 0 Å². The molecule has 2 rings (SSSR count). The molecule has 1 N–H and O–H groups in total. The van der Waals surface area contributed by atoms with E-state index in [4.69, 9.17) is 4.74 Å². The van der Waals surface area contributed by atoms with Gasteiger partial charge in [-0.1, -0.05) is 30.3 Å². The van der Waals surface area contributed by atoms with E-state index in [0.717, 1.165) is 13.0 Å². The van der Waals surface area contributed by atoms with E-state index in [9.17, 15) is 0 Å². The Labute approximate surface area is 91.6 Å². The number of rotatable bonds is 3. The lowest BCUT2D eigenvalue weighted by molar-refractivity contribution is 0.111. The van der Waals surface area contributed by atoms with Gasteiger partial charge in [-0.15, -0.1) is 0 Å². The summed E-state index contributed by atoms with van der Waals surface area (Å²) in [5, 5.41) is 3.62. The lowest BCUT2D eigenvalue weighted by Gasteiger charge is -2.21. The maximum Gasteiger partial charge on any atom is 0.0700 e. The van der Waals surface area contributed by atoms with Crippen molar-refractivity contribution < 1.29 is 4.74 Å². The van der Waals surface area contributed by atoms with Crippen LogP contribution in [0.2, 0.25) is 0 Å². The molecule has 2 nitrogen and oxygen atoms in total. The molecule has 1 fully saturated rings. The third kappa shape index (κ3) is 2.58. The number of hydrogen-bond acceptors (Lipinski definition) is 2. The smallest absolute Gasteiger partial charge is 0.0700 e. The van der Waals surface area contributed by atoms with Crippen molar-refractivity contribution in [1.82, 2.24) is 5.32 Å². The van der Waals surface area contributed by atoms with Crippen LogP contribution >= 0.6 is 0 Å². The van der Waals surface area contributed by atoms with Gasteiger partial charge in [0.2, 0.25) is 0 Å². The maximum absolute atomic E-state index is 5.54. The van der Waals surface area contributed by atoms with Crippen molar-refractivity contribution in [3.05, 3.63) is 35.9 Å². The first-order chi connectivity index (χ1) is 7.27. The average molecular weight is 205 g/mol. The van der Waals surface area contributed by atoms with Crippen molar-refractivity contribution in [3.8, 4) is 0 Å². The Morgan fingerprint density at radius 1 is 1.33 bits per heavy atom. The van der Waals surface area contributed by atoms with Gasteiger partial charge < -0.3 is 10.1 Å². The first-order valence-electron chi connectivity index (χ1n) is 5.70. The second-order valence-electron chi connectivity index (χ2n) is 4.27. The van der Waals surface area contributed by atoms with Crippen LogP contribution in [0.25, 0.3) is 0 Å². The van der Waals surface area contributed by atoms with Crippen molar-refractivity contribution in [2.45, 2.75) is 38.5 Å². The first-order valence-corrected chi connectivity index (χ1v) is 5.70. The summed E-state index contributed by atoms with van der Waals surface area (Å²) in [6.45, 7) is 5.24. The summed E-state index contributed by atoms with van der Waals surface area (Å²) in [5.41, 5.74) is 1.34. The molecule has 15 heavy (non-hydrogen) atoms. The van der Waals surface area contributed by atoms with Crippen LogP contribution in [0.4, 0.5) is 0 Å². The Hall–Kier alpha value is -0.860. The molecule has 1 saturated heterocycles. The van der Waals surface area contributed by atoms with Crippen LogP contribution in [-0.4, -0.2) is 18.8 Å². The SMILES string of the molecule is C[C@H](N[C@@H]1CCO[C@@H]1C)c1ccccc1. The van der Waals surface area contributed by atoms with Gasteiger partial charge in [0.25, 0.3) is 0 Å². The highest BCUT2D eigenvalue weighted by Crippen LogP contribution is 2.18. The van der Waals surface area contributed by atoms with Crippen LogP contribution in [0.15, 0.2) is 30.3 Å². The molecule has 0 amide bonds. The Kier molecular flexibility index (Phi) is 3.39. The highest BCUT2D eigenvalue weighted by Gasteiger charge is 2.25. The summed E-state index contributed by atoms with van der Waals surface area (Å²) < 4.78 is 5.54. The zero-order valence-electron chi connectivity index (χ0n) is 9.44. The minimum absolute atomic E-state index is 0.344. The Morgan fingerprint density at radius 3 is 2.67 bits per heavy atom. The maximum atomic E-state index is 5.54. The fraction of sp³-hybridized carbons (Fsp3) is 0.538. The topological polar surface area (TPSA) is 21.3 Å². The predicted octanol–water partition coefficient (Wildman–Crippen LogP) is 2.51. The van der Waals surface area contributed by atoms with Gasteiger partial charge >= 0.3 is 0 Å². The van der Waals surface area contributed by atoms with Crippen LogP contribution in [0.5, 0.6) is 0 Å². The molecule has 0 aliphatic carbocycles. The van der Waals surface area contributed by atoms with Gasteiger partial charge in [-0.05, 0) is 25.8 Å². The van der Waals surface area contributed by atoms with E-state index in [1.165, 1.54) is 5.56 Å². The minimum Gasteiger partial charge on any atom is -0.377 e. The van der Waals surface area contributed by atoms with E-state index < -0.39 is 0 Å². The lowest BCUT2D eigenvalue weighted by atomic mass is 10.1. The molecule has 0 spiro atoms. The highest BCUT2D eigenvalue weighted by molar-refractivity contribution is 5.18. The van der Waals surface area contributed by atoms with Crippen LogP contribution in [-0.2, 0) is 4.74 Å². The predicted molar refractivity (Wildman–Crippen MR) is 61.8 cm³/mol. The van der Waals surface area contributed by atoms with Gasteiger partial charge in [0, 0.05) is 18.7 Å². The van der Waals surface area contributed by atoms with E-state index in [0.29, 0.717) is 18.2 Å². The molecule has 0 saturated carbocycles. The van der Waals surface area contributed by atoms with E-state index in [1.54, 1.807) is 0 Å². The standard InChI is InChI=1S/C13H19NO/c1-10(12-6-4-3-5-7-12)14-13-8-9-15-11(13)2/h3-7,10-11,13-14H,8-9H2,1-2H3/t10-,11+,13+/m0/s1. The summed E-state index contributed by atoms with van der Waals surface area (Å²) in [4.78, 5) is 0. The van der Waals surface area contributed by atoms with Crippen LogP contribution in [0.3, 0.4) is 0 Å². The largest absolute Gasteiger partial charge is 0.377 e. The summed E-state index contributed by atoms with van der Waals surface area (Å²) in [6.07, 6.45) is 1.47. The average Bonchev–Trinajstić information content (AvgIpc) is 2.66. The third-order valence-electron chi connectivity index (χ3n) is 3.14. The number of ether oxygens (including phenoxy) is 1. The van der Waals surface area contributed by atoms with Crippen molar-refractivity contribution in [3.63, 3.8) is 0 Å². The Balaban J connectivity index is 1.95. The van der Waals surface area contributed by atoms with Crippen LogP contribution < -0.4 is 5.32 Å². The molecule has 0 unspecified atom stereocenters. The molecule has 0 radical (unpaired) electrons. The zero-order chi connectivity index (χ0) is 10.7. The molecule has 1 aromatic rings. The summed E-state index contributed by atoms with van der Waals surface area (Å²) in [5.74, 6) is 0. The van der Waals surface area contributed by atoms with Crippen LogP contribution in [0.1, 0.15) is 31.9 Å². The highest BCUT2D eigenvalue weighted by atomic mass is 16.5. The zero-order valence-corrected chi connectivity index (χ0v) is 9.44. The van der Waals surface area contributed by atoms with Gasteiger partial charge in [-0.2, -0.15) is 0 Å². The molecule has 1 heterocycles. The molecule has 82 valence electrons. The van der Waals surface area contributed by atoms with Crippen molar-refractivity contribution in [2.24, 2.45) is 0 Å². The number of hydrogen-bond donors (Lipinski definition) is 1. The molecule has 2 heteroatoms. The molecule has 1 aromatic carbocycles. The normalized spacial score (nSPS) is 27.9. The Morgan fingerprint density at radius 2 is 2.07 bits per heavy atom. The number of nitrogens with one attached hydrogen (secondary N) is 1. The molecular formula is C13H19NO. The van der Waals surface area contributed by atoms with Crippen molar-refractivity contribution >= 4 is 0 Å². The lowest BCUT2D eigenvalue weighted by Crippen LogP contribution is -2.36. The molecule has 1 aliphatic rings. The minimum atomic E-state index is 0.344. The summed E-state index contributed by atoms with van der Waals surface area (Å²) >= 11 is 0. The quantitative estimate of drug-likeness (QED) is 0.818. The monoisotopic (exact) mass is 205 g/mol. The molecule has 0 bridgehead atoms. The molecule has 3 atom stereocenters. The van der Waals surface area contributed by atoms with E-state index >= 15 is 0 Å². The van der Waals surface area contributed by atoms with Crippen molar-refractivity contribution in [1.29, 1.82) is 0 Å². The van der Waals surface area contributed by atoms with Crippen LogP contribution in [0, 0.1) is 0 Å². The summed E-state index contributed by atoms with van der Waals surface area (Å²) in [6, 6.07) is 11.5. The first kappa shape index (κ1) is 10.7. The molecule has 0 aromatic heterocycles. The van der Waals surface area contributed by atoms with Gasteiger partial charge in [-0.3, -0.25) is 0 Å². The molecular weight excluding hydrogens is 186 g/mol. The fourth-order valence-electron chi connectivity index (χ4n) is 2.11. The van der Waals surface area contributed by atoms with Gasteiger partial charge in [0.05, 0.1) is 6.10 Å². The van der Waals surface area contributed by atoms with E-state index in [-0.39, 0.29) is 0 Å². The summed E-state index contributed by atoms with van der Waals surface area (Å²) in [7, 11) is 0. The van der Waals surface area contributed by atoms with Gasteiger partial charge in [0.1, 0.15) is 0 Å². The van der Waals surface area contributed by atoms with Crippen molar-refractivity contribution in [2.75, 3.05) is 6.61 Å². The Bertz CT molecular complexity index is 299. The van der Waals surface area contributed by atoms with E-state index in [1.807, 2.05) is 0 Å². The number of benzene rings is 1. The fourth-order valence-corrected chi connectivity index (χ4v) is 2.11.